The molecule has 22 heavy (non-hydrogen) atoms. The Balaban J connectivity index is 2.35. The van der Waals surface area contributed by atoms with E-state index in [1.807, 2.05) is 5.32 Å². The molecule has 0 saturated carbocycles. The lowest BCUT2D eigenvalue weighted by atomic mass is 10.2. The standard InChI is InChI=1S/C11H4ClF5N4S/c12-9-19-2-1-6(20-9)5(3-18)8-21-7(4-22-8)10(13,14)11(15,16)17/h1-2,4,21H. The van der Waals surface area contributed by atoms with Gasteiger partial charge >= 0.3 is 12.1 Å². The highest BCUT2D eigenvalue weighted by Gasteiger charge is 2.61. The Labute approximate surface area is 129 Å². The Morgan fingerprint density at radius 3 is 2.55 bits per heavy atom. The molecule has 0 aromatic carbocycles. The minimum atomic E-state index is -5.74. The predicted octanol–water partition coefficient (Wildman–Crippen LogP) is 3.70. The molecule has 11 heteroatoms. The number of rotatable bonds is 2. The van der Waals surface area contributed by atoms with Crippen LogP contribution in [0.4, 0.5) is 22.0 Å². The summed E-state index contributed by atoms with van der Waals surface area (Å²) in [6.07, 6.45) is -4.52. The number of thioether (sulfide) groups is 1. The molecule has 0 aliphatic carbocycles. The quantitative estimate of drug-likeness (QED) is 0.498. The van der Waals surface area contributed by atoms with Gasteiger partial charge in [0.1, 0.15) is 17.3 Å². The van der Waals surface area contributed by atoms with E-state index < -0.39 is 17.8 Å². The molecule has 116 valence electrons. The highest BCUT2D eigenvalue weighted by molar-refractivity contribution is 8.06. The number of aromatic nitrogens is 2. The maximum Gasteiger partial charge on any atom is 0.459 e. The third kappa shape index (κ3) is 3.00. The predicted molar refractivity (Wildman–Crippen MR) is 69.4 cm³/mol. The van der Waals surface area contributed by atoms with Crippen LogP contribution in [0.5, 0.6) is 0 Å². The summed E-state index contributed by atoms with van der Waals surface area (Å²) in [7, 11) is 0. The fraction of sp³-hybridized carbons (Fsp3) is 0.182. The Kier molecular flexibility index (Phi) is 4.30. The van der Waals surface area contributed by atoms with Gasteiger partial charge < -0.3 is 5.32 Å². The fourth-order valence-corrected chi connectivity index (χ4v) is 2.45. The summed E-state index contributed by atoms with van der Waals surface area (Å²) in [6.45, 7) is 0. The van der Waals surface area contributed by atoms with Crippen LogP contribution in [0.1, 0.15) is 5.69 Å². The van der Waals surface area contributed by atoms with Gasteiger partial charge in [-0.2, -0.15) is 27.2 Å². The average Bonchev–Trinajstić information content (AvgIpc) is 2.88. The number of hydrogen-bond donors (Lipinski definition) is 1. The Morgan fingerprint density at radius 1 is 1.32 bits per heavy atom. The van der Waals surface area contributed by atoms with Crippen molar-refractivity contribution in [3.05, 3.63) is 39.4 Å². The van der Waals surface area contributed by atoms with Gasteiger partial charge in [0.25, 0.3) is 0 Å². The average molecular weight is 355 g/mol. The highest BCUT2D eigenvalue weighted by Crippen LogP contribution is 2.45. The molecule has 0 radical (unpaired) electrons. The molecule has 0 atom stereocenters. The van der Waals surface area contributed by atoms with Crippen LogP contribution in [0.15, 0.2) is 28.4 Å². The molecule has 1 aromatic heterocycles. The number of nitrogens with one attached hydrogen (secondary N) is 1. The first-order chi connectivity index (χ1) is 10.2. The molecule has 0 fully saturated rings. The van der Waals surface area contributed by atoms with Crippen molar-refractivity contribution in [3.63, 3.8) is 0 Å². The first kappa shape index (κ1) is 16.5. The summed E-state index contributed by atoms with van der Waals surface area (Å²) in [5.74, 6) is -5.05. The molecule has 0 spiro atoms. The fourth-order valence-electron chi connectivity index (χ4n) is 1.42. The third-order valence-electron chi connectivity index (χ3n) is 2.46. The summed E-state index contributed by atoms with van der Waals surface area (Å²) < 4.78 is 63.4. The van der Waals surface area contributed by atoms with Gasteiger partial charge in [-0.25, -0.2) is 9.97 Å². The zero-order valence-corrected chi connectivity index (χ0v) is 11.8. The number of halogens is 6. The lowest BCUT2D eigenvalue weighted by molar-refractivity contribution is -0.265. The second kappa shape index (κ2) is 5.73. The molecular formula is C11H4ClF5N4S. The van der Waals surface area contributed by atoms with Crippen molar-refractivity contribution in [1.29, 1.82) is 5.26 Å². The van der Waals surface area contributed by atoms with Crippen molar-refractivity contribution in [3.8, 4) is 6.07 Å². The van der Waals surface area contributed by atoms with E-state index in [1.165, 1.54) is 12.3 Å². The second-order valence-electron chi connectivity index (χ2n) is 3.87. The summed E-state index contributed by atoms with van der Waals surface area (Å²) in [4.78, 5) is 7.30. The monoisotopic (exact) mass is 354 g/mol. The van der Waals surface area contributed by atoms with Crippen molar-refractivity contribution in [2.45, 2.75) is 12.1 Å². The molecule has 2 rings (SSSR count). The van der Waals surface area contributed by atoms with Crippen molar-refractivity contribution in [2.75, 3.05) is 0 Å². The lowest BCUT2D eigenvalue weighted by Gasteiger charge is -2.20. The number of alkyl halides is 5. The van der Waals surface area contributed by atoms with Crippen LogP contribution in [0, 0.1) is 11.3 Å². The van der Waals surface area contributed by atoms with Gasteiger partial charge in [-0.3, -0.25) is 0 Å². The molecule has 1 aliphatic rings. The van der Waals surface area contributed by atoms with E-state index in [4.69, 9.17) is 16.9 Å². The molecule has 1 N–H and O–H groups in total. The molecule has 0 bridgehead atoms. The maximum atomic E-state index is 13.2. The zero-order valence-electron chi connectivity index (χ0n) is 10.2. The summed E-state index contributed by atoms with van der Waals surface area (Å²) >= 11 is 6.08. The van der Waals surface area contributed by atoms with Gasteiger partial charge in [0.2, 0.25) is 5.28 Å². The normalized spacial score (nSPS) is 17.6. The lowest BCUT2D eigenvalue weighted by Crippen LogP contribution is -2.41. The van der Waals surface area contributed by atoms with Gasteiger partial charge in [0, 0.05) is 11.6 Å². The second-order valence-corrected chi connectivity index (χ2v) is 5.09. The first-order valence-corrected chi connectivity index (χ1v) is 6.64. The van der Waals surface area contributed by atoms with Crippen LogP contribution in [-0.4, -0.2) is 22.1 Å². The summed E-state index contributed by atoms with van der Waals surface area (Å²) in [6, 6.07) is 2.96. The molecule has 1 aromatic rings. The molecule has 0 saturated heterocycles. The smallest absolute Gasteiger partial charge is 0.347 e. The topological polar surface area (TPSA) is 61.6 Å². The minimum absolute atomic E-state index is 0.00229. The van der Waals surface area contributed by atoms with Crippen LogP contribution >= 0.6 is 23.4 Å². The van der Waals surface area contributed by atoms with Gasteiger partial charge in [0.15, 0.2) is 0 Å². The maximum absolute atomic E-state index is 13.2. The van der Waals surface area contributed by atoms with Crippen molar-refractivity contribution < 1.29 is 22.0 Å². The van der Waals surface area contributed by atoms with E-state index in [0.717, 1.165) is 0 Å². The van der Waals surface area contributed by atoms with Crippen LogP contribution < -0.4 is 5.32 Å². The van der Waals surface area contributed by atoms with Crippen molar-refractivity contribution >= 4 is 28.9 Å². The van der Waals surface area contributed by atoms with Crippen molar-refractivity contribution in [1.82, 2.24) is 15.3 Å². The van der Waals surface area contributed by atoms with E-state index in [2.05, 4.69) is 9.97 Å². The van der Waals surface area contributed by atoms with E-state index >= 15 is 0 Å². The van der Waals surface area contributed by atoms with Crippen LogP contribution in [0.2, 0.25) is 5.28 Å². The first-order valence-electron chi connectivity index (χ1n) is 5.39. The Bertz CT molecular complexity index is 707. The van der Waals surface area contributed by atoms with Gasteiger partial charge in [-0.05, 0) is 17.7 Å². The number of nitrogens with zero attached hydrogens (tertiary/aromatic N) is 3. The van der Waals surface area contributed by atoms with Gasteiger partial charge in [-0.15, -0.1) is 0 Å². The number of allylic oxidation sites excluding steroid dienone is 2. The van der Waals surface area contributed by atoms with Crippen LogP contribution in [0.3, 0.4) is 0 Å². The third-order valence-corrected chi connectivity index (χ3v) is 3.54. The van der Waals surface area contributed by atoms with E-state index in [9.17, 15) is 22.0 Å². The van der Waals surface area contributed by atoms with Crippen LogP contribution in [-0.2, 0) is 0 Å². The van der Waals surface area contributed by atoms with Gasteiger partial charge in [0.05, 0.1) is 10.7 Å². The van der Waals surface area contributed by atoms with Crippen LogP contribution in [0.25, 0.3) is 5.57 Å². The SMILES string of the molecule is N#CC(=C1NC(C(F)(F)C(F)(F)F)=CS1)c1ccnc(Cl)n1. The molecule has 4 nitrogen and oxygen atoms in total. The zero-order chi connectivity index (χ0) is 16.5. The largest absolute Gasteiger partial charge is 0.459 e. The molecule has 1 aliphatic heterocycles. The van der Waals surface area contributed by atoms with E-state index in [-0.39, 0.29) is 21.6 Å². The Morgan fingerprint density at radius 2 is 2.00 bits per heavy atom. The van der Waals surface area contributed by atoms with E-state index in [1.54, 1.807) is 6.07 Å². The van der Waals surface area contributed by atoms with E-state index in [0.29, 0.717) is 17.2 Å². The Hall–Kier alpha value is -1.86. The molecule has 0 amide bonds. The summed E-state index contributed by atoms with van der Waals surface area (Å²) in [5.41, 5.74) is -1.58. The highest BCUT2D eigenvalue weighted by atomic mass is 35.5. The molecule has 2 heterocycles. The van der Waals surface area contributed by atoms with Gasteiger partial charge in [-0.1, -0.05) is 11.8 Å². The molecule has 0 unspecified atom stereocenters. The number of hydrogen-bond acceptors (Lipinski definition) is 5. The van der Waals surface area contributed by atoms with Crippen molar-refractivity contribution in [2.24, 2.45) is 0 Å². The minimum Gasteiger partial charge on any atom is -0.347 e. The summed E-state index contributed by atoms with van der Waals surface area (Å²) in [5, 5.41) is 11.2. The molecular weight excluding hydrogens is 351 g/mol. The number of nitriles is 1.